The van der Waals surface area contributed by atoms with E-state index in [1.807, 2.05) is 32.9 Å². The van der Waals surface area contributed by atoms with Crippen molar-refractivity contribution in [2.45, 2.75) is 108 Å². The van der Waals surface area contributed by atoms with Gasteiger partial charge in [0.05, 0.1) is 84.0 Å². The number of aliphatic hydroxyl groups excluding tert-OH is 1. The van der Waals surface area contributed by atoms with E-state index in [9.17, 15) is 52.8 Å². The van der Waals surface area contributed by atoms with Gasteiger partial charge in [-0.2, -0.15) is 0 Å². The normalized spacial score (nSPS) is 10.5. The fourth-order valence-electron chi connectivity index (χ4n) is 4.55. The van der Waals surface area contributed by atoms with Gasteiger partial charge in [0.1, 0.15) is 31.5 Å². The van der Waals surface area contributed by atoms with Crippen LogP contribution in [0.2, 0.25) is 10.0 Å². The summed E-state index contributed by atoms with van der Waals surface area (Å²) in [6, 6.07) is 14.2. The van der Waals surface area contributed by atoms with Gasteiger partial charge >= 0.3 is 38.4 Å². The minimum absolute atomic E-state index is 0. The van der Waals surface area contributed by atoms with Gasteiger partial charge in [-0.3, -0.25) is 43.2 Å². The lowest BCUT2D eigenvalue weighted by molar-refractivity contribution is -0.146. The third kappa shape index (κ3) is 59.0. The Bertz CT molecular complexity index is 2070. The molecule has 438 valence electrons. The van der Waals surface area contributed by atoms with E-state index in [4.69, 9.17) is 41.5 Å². The number of aliphatic hydroxyl groups is 1. The number of esters is 5. The number of Topliss-reactive ketones (excluding diaryl/α,β-unsaturated/α-hetero) is 3. The summed E-state index contributed by atoms with van der Waals surface area (Å²) in [6.07, 6.45) is 4.69. The van der Waals surface area contributed by atoms with Crippen molar-refractivity contribution >= 4 is 120 Å². The first kappa shape index (κ1) is 81.4. The van der Waals surface area contributed by atoms with Crippen LogP contribution in [-0.2, 0) is 85.0 Å². The lowest BCUT2D eigenvalue weighted by Gasteiger charge is -2.12. The summed E-state index contributed by atoms with van der Waals surface area (Å²) >= 11 is 14.4. The summed E-state index contributed by atoms with van der Waals surface area (Å²) < 4.78 is 49.6. The Hall–Kier alpha value is -4.49. The van der Waals surface area contributed by atoms with Crippen molar-refractivity contribution in [3.05, 3.63) is 81.9 Å². The van der Waals surface area contributed by atoms with E-state index >= 15 is 0 Å². The second-order valence-electron chi connectivity index (χ2n) is 14.9. The molecular formula is C53H81BrCl2O19P2. The number of ether oxygens (including phenoxy) is 5. The molecule has 19 nitrogen and oxygen atoms in total. The molecule has 77 heavy (non-hydrogen) atoms. The summed E-state index contributed by atoms with van der Waals surface area (Å²) in [4.78, 5) is 97.1. The van der Waals surface area contributed by atoms with Crippen molar-refractivity contribution in [2.24, 2.45) is 0 Å². The second-order valence-corrected chi connectivity index (χ2v) is 21.0. The molecule has 2 aromatic rings. The van der Waals surface area contributed by atoms with Gasteiger partial charge < -0.3 is 46.9 Å². The fourth-order valence-corrected chi connectivity index (χ4v) is 6.82. The molecule has 2 aromatic carbocycles. The van der Waals surface area contributed by atoms with Crippen molar-refractivity contribution in [3.63, 3.8) is 0 Å². The number of carbonyl (C=O) groups is 9. The topological polar surface area (TPSA) is 265 Å². The first-order valence-electron chi connectivity index (χ1n) is 24.0. The average Bonchev–Trinajstić information content (AvgIpc) is 3.32. The number of alkyl halides is 1. The lowest BCUT2D eigenvalue weighted by Crippen LogP contribution is -2.13. The largest absolute Gasteiger partial charge is 0.466 e. The highest BCUT2D eigenvalue weighted by atomic mass is 79.9. The fraction of sp³-hybridized carbons (Fsp3) is 0.528. The minimum Gasteiger partial charge on any atom is -0.466 e. The second kappa shape index (κ2) is 53.5. The molecule has 0 spiro atoms. The molecule has 0 amide bonds. The van der Waals surface area contributed by atoms with Crippen LogP contribution in [0.1, 0.15) is 113 Å². The maximum absolute atomic E-state index is 11.4. The Balaban J connectivity index is -0.000000274. The van der Waals surface area contributed by atoms with Crippen molar-refractivity contribution in [1.29, 1.82) is 0 Å². The number of benzene rings is 2. The smallest absolute Gasteiger partial charge is 0.332 e. The molecule has 2 rings (SSSR count). The number of ketones is 4. The molecule has 0 aliphatic carbocycles. The van der Waals surface area contributed by atoms with Crippen molar-refractivity contribution in [2.75, 3.05) is 77.7 Å². The summed E-state index contributed by atoms with van der Waals surface area (Å²) in [6.45, 7) is 22.2. The Morgan fingerprint density at radius 1 is 0.558 bits per heavy atom. The minimum atomic E-state index is -2.35. The monoisotopic (exact) mass is 1230 g/mol. The van der Waals surface area contributed by atoms with Crippen LogP contribution in [-0.4, -0.2) is 142 Å². The van der Waals surface area contributed by atoms with Crippen molar-refractivity contribution in [1.82, 2.24) is 0 Å². The predicted octanol–water partition coefficient (Wildman–Crippen LogP) is 11.1. The van der Waals surface area contributed by atoms with Crippen LogP contribution in [0.15, 0.2) is 60.7 Å². The lowest BCUT2D eigenvalue weighted by atomic mass is 10.1. The highest BCUT2D eigenvalue weighted by Gasteiger charge is 2.17. The van der Waals surface area contributed by atoms with Crippen molar-refractivity contribution < 1.29 is 90.1 Å². The molecule has 0 radical (unpaired) electrons. The number of hydrogen-bond donors (Lipinski definition) is 1. The summed E-state index contributed by atoms with van der Waals surface area (Å²) in [5.74, 6) is -3.24. The molecule has 0 saturated heterocycles. The molecular weight excluding hydrogens is 1150 g/mol. The Morgan fingerprint density at radius 2 is 0.909 bits per heavy atom. The molecule has 0 bridgehead atoms. The maximum atomic E-state index is 11.4. The van der Waals surface area contributed by atoms with Crippen molar-refractivity contribution in [3.8, 4) is 0 Å². The third-order valence-electron chi connectivity index (χ3n) is 7.42. The molecule has 1 N–H and O–H groups in total. The van der Waals surface area contributed by atoms with Gasteiger partial charge in [-0.25, -0.2) is 0 Å². The quantitative estimate of drug-likeness (QED) is 0.0207. The number of hydrogen-bond acceptors (Lipinski definition) is 19. The van der Waals surface area contributed by atoms with Crippen LogP contribution in [0.5, 0.6) is 0 Å². The molecule has 0 aliphatic rings. The van der Waals surface area contributed by atoms with Gasteiger partial charge in [0.25, 0.3) is 0 Å². The molecule has 0 aromatic heterocycles. The summed E-state index contributed by atoms with van der Waals surface area (Å²) in [7, 11) is -3.42. The third-order valence-corrected chi connectivity index (χ3v) is 11.1. The number of carbonyl (C=O) groups excluding carboxylic acids is 9. The molecule has 0 saturated carbocycles. The first-order chi connectivity index (χ1) is 35.8. The van der Waals surface area contributed by atoms with E-state index in [-0.39, 0.29) is 87.4 Å². The van der Waals surface area contributed by atoms with Gasteiger partial charge in [0.15, 0.2) is 17.3 Å². The average molecular weight is 1230 g/mol. The number of allylic oxidation sites excluding steroid dienone is 1. The van der Waals surface area contributed by atoms with E-state index in [2.05, 4.69) is 34.9 Å². The van der Waals surface area contributed by atoms with Crippen LogP contribution >= 0.6 is 54.9 Å². The first-order valence-corrected chi connectivity index (χ1v) is 29.7. The van der Waals surface area contributed by atoms with Crippen LogP contribution < -0.4 is 0 Å². The predicted molar refractivity (Wildman–Crippen MR) is 306 cm³/mol. The van der Waals surface area contributed by atoms with Crippen LogP contribution in [0.3, 0.4) is 0 Å². The molecule has 0 heterocycles. The Labute approximate surface area is 475 Å². The van der Waals surface area contributed by atoms with Crippen LogP contribution in [0.25, 0.3) is 12.2 Å². The Morgan fingerprint density at radius 3 is 1.26 bits per heavy atom. The van der Waals surface area contributed by atoms with E-state index < -0.39 is 51.7 Å². The molecule has 0 fully saturated rings. The molecule has 1 atom stereocenters. The van der Waals surface area contributed by atoms with Crippen LogP contribution in [0, 0.1) is 0 Å². The SMILES string of the molecule is C.CCOC(=O)CC(=O)/C=C/c1ccc(Cl)cc1.CCOC(=O)CC(=O)CBr.CCOC(=O)CC(=O)CP(C)(C)=O.CCOC(=O)CC(C)=O.CCOC(=O)C[C@H](O)/C=C/c1ccc(Cl)cc1.CCOP(OCC)OCC. The highest BCUT2D eigenvalue weighted by molar-refractivity contribution is 9.09. The number of rotatable bonds is 28. The zero-order valence-electron chi connectivity index (χ0n) is 45.4. The summed E-state index contributed by atoms with van der Waals surface area (Å²) in [5, 5.41) is 11.1. The zero-order valence-corrected chi connectivity index (χ0v) is 50.3. The highest BCUT2D eigenvalue weighted by Crippen LogP contribution is 2.38. The summed E-state index contributed by atoms with van der Waals surface area (Å²) in [5.41, 5.74) is 1.77. The van der Waals surface area contributed by atoms with Gasteiger partial charge in [0, 0.05) is 10.0 Å². The standard InChI is InChI=1S/C13H15ClO3.C13H13ClO3.C8H15O4P.C6H9BrO3.C6H15O3P.C6H10O3.CH4/c2*1-2-17-13(16)9-12(15)8-5-10-3-6-11(14)7-4-10;1-4-12-8(10)5-7(9)6-13(2,3)11;1-2-10-6(9)3-5(8)4-7;1-4-7-10(8-5-2)9-6-3;1-3-9-6(8)4-5(2)7;/h3-8,12,15H,2,9H2,1H3;3-8H,2,9H2,1H3;4-6H2,1-3H3;2-4H2,1H3;4-6H2,1-3H3;3-4H2,1-2H3;1H4/b2*8-5+;;;;;/t12-;;;;;;/m1....../s1. The van der Waals surface area contributed by atoms with E-state index in [1.165, 1.54) is 26.3 Å². The van der Waals surface area contributed by atoms with Gasteiger partial charge in [-0.15, -0.1) is 0 Å². The van der Waals surface area contributed by atoms with E-state index in [0.717, 1.165) is 11.1 Å². The van der Waals surface area contributed by atoms with Gasteiger partial charge in [0.2, 0.25) is 0 Å². The van der Waals surface area contributed by atoms with Gasteiger partial charge in [-0.1, -0.05) is 89.1 Å². The Kier molecular flexibility index (Phi) is 56.5. The van der Waals surface area contributed by atoms with Gasteiger partial charge in [-0.05, 0) is 117 Å². The van der Waals surface area contributed by atoms with Crippen LogP contribution in [0.4, 0.5) is 0 Å². The van der Waals surface area contributed by atoms with E-state index in [1.54, 1.807) is 89.2 Å². The molecule has 0 aliphatic heterocycles. The molecule has 24 heteroatoms. The maximum Gasteiger partial charge on any atom is 0.332 e. The molecule has 0 unspecified atom stereocenters. The number of halogens is 3. The van der Waals surface area contributed by atoms with E-state index in [0.29, 0.717) is 49.7 Å². The zero-order chi connectivity index (χ0) is 58.9.